The number of pyridine rings is 1. The van der Waals surface area contributed by atoms with Gasteiger partial charge in [0.15, 0.2) is 11.6 Å². The van der Waals surface area contributed by atoms with Crippen LogP contribution >= 0.6 is 0 Å². The predicted octanol–water partition coefficient (Wildman–Crippen LogP) is 12.4. The molecule has 4 aromatic heterocycles. The Balaban J connectivity index is 1.09. The fourth-order valence-corrected chi connectivity index (χ4v) is 8.99. The average Bonchev–Trinajstić information content (AvgIpc) is 3.86. The van der Waals surface area contributed by atoms with Crippen molar-refractivity contribution in [1.82, 2.24) is 28.7 Å². The summed E-state index contributed by atoms with van der Waals surface area (Å²) in [6, 6.07) is 70.1. The Kier molecular flexibility index (Phi) is 7.86. The SMILES string of the molecule is O=c1c2c(c3ccccc3n1-c1ccccc1)c1cc(-c3ccc4c(c3)c3ccccc3n4-c3nc(-c4ccccc4)nc(-c4ccccc4)n3)ccc1n2-c1ccccc1. The quantitative estimate of drug-likeness (QED) is 0.168. The molecule has 0 fully saturated rings. The lowest BCUT2D eigenvalue weighted by atomic mass is 9.99. The molecule has 7 heteroatoms. The van der Waals surface area contributed by atoms with Gasteiger partial charge in [0.1, 0.15) is 5.52 Å². The van der Waals surface area contributed by atoms with Crippen molar-refractivity contribution in [3.8, 4) is 51.2 Å². The summed E-state index contributed by atoms with van der Waals surface area (Å²) in [6.45, 7) is 0. The number of fused-ring (bicyclic) bond motifs is 8. The third-order valence-corrected chi connectivity index (χ3v) is 11.7. The molecule has 286 valence electrons. The maximum atomic E-state index is 15.0. The van der Waals surface area contributed by atoms with Gasteiger partial charge >= 0.3 is 0 Å². The number of aromatic nitrogens is 6. The number of rotatable bonds is 6. The van der Waals surface area contributed by atoms with Gasteiger partial charge in [0, 0.05) is 49.4 Å². The summed E-state index contributed by atoms with van der Waals surface area (Å²) < 4.78 is 6.12. The topological polar surface area (TPSA) is 70.5 Å². The van der Waals surface area contributed by atoms with E-state index in [9.17, 15) is 4.79 Å². The second kappa shape index (κ2) is 13.9. The molecule has 0 N–H and O–H groups in total. The maximum absolute atomic E-state index is 15.0. The normalized spacial score (nSPS) is 11.7. The van der Waals surface area contributed by atoms with Crippen molar-refractivity contribution in [3.63, 3.8) is 0 Å². The van der Waals surface area contributed by atoms with Crippen molar-refractivity contribution in [2.45, 2.75) is 0 Å². The highest BCUT2D eigenvalue weighted by Crippen LogP contribution is 2.40. The van der Waals surface area contributed by atoms with E-state index in [-0.39, 0.29) is 5.56 Å². The van der Waals surface area contributed by atoms with Crippen LogP contribution in [-0.2, 0) is 0 Å². The maximum Gasteiger partial charge on any atom is 0.280 e. The third-order valence-electron chi connectivity index (χ3n) is 11.7. The first-order chi connectivity index (χ1) is 30.2. The van der Waals surface area contributed by atoms with Gasteiger partial charge in [0.25, 0.3) is 5.56 Å². The van der Waals surface area contributed by atoms with Crippen molar-refractivity contribution >= 4 is 54.5 Å². The van der Waals surface area contributed by atoms with E-state index in [1.54, 1.807) is 0 Å². The zero-order valence-electron chi connectivity index (χ0n) is 32.7. The molecule has 0 amide bonds. The molecule has 8 aromatic carbocycles. The Morgan fingerprint density at radius 2 is 0.770 bits per heavy atom. The second-order valence-electron chi connectivity index (χ2n) is 15.2. The molecule has 0 atom stereocenters. The van der Waals surface area contributed by atoms with Crippen LogP contribution in [-0.4, -0.2) is 28.7 Å². The van der Waals surface area contributed by atoms with Crippen LogP contribution in [0.15, 0.2) is 211 Å². The van der Waals surface area contributed by atoms with E-state index in [0.29, 0.717) is 23.1 Å². The van der Waals surface area contributed by atoms with Gasteiger partial charge < -0.3 is 4.57 Å². The summed E-state index contributed by atoms with van der Waals surface area (Å²) >= 11 is 0. The van der Waals surface area contributed by atoms with Crippen molar-refractivity contribution in [2.75, 3.05) is 0 Å². The van der Waals surface area contributed by atoms with Crippen LogP contribution in [0.3, 0.4) is 0 Å². The molecule has 0 aliphatic rings. The molecular weight excluding hydrogens is 749 g/mol. The largest absolute Gasteiger partial charge is 0.304 e. The standard InChI is InChI=1S/C54H34N6O/c61-53-50-49(42-26-14-16-28-46(42)59(53)40-23-11-4-12-24-40)44-34-38(30-32-48(44)58(50)39-21-9-3-10-22-39)37-29-31-47-43(33-37)41-25-13-15-27-45(41)60(47)54-56-51(35-17-5-1-6-18-35)55-52(57-54)36-19-7-2-8-20-36/h1-34H. The van der Waals surface area contributed by atoms with E-state index in [4.69, 9.17) is 15.0 Å². The van der Waals surface area contributed by atoms with Crippen molar-refractivity contribution in [3.05, 3.63) is 217 Å². The molecule has 0 spiro atoms. The number of para-hydroxylation sites is 4. The molecule has 12 aromatic rings. The summed E-state index contributed by atoms with van der Waals surface area (Å²) in [5, 5.41) is 5.14. The summed E-state index contributed by atoms with van der Waals surface area (Å²) in [6.07, 6.45) is 0. The van der Waals surface area contributed by atoms with Gasteiger partial charge in [-0.2, -0.15) is 9.97 Å². The van der Waals surface area contributed by atoms with Gasteiger partial charge in [0.05, 0.1) is 22.1 Å². The van der Waals surface area contributed by atoms with Crippen molar-refractivity contribution in [2.24, 2.45) is 0 Å². The summed E-state index contributed by atoms with van der Waals surface area (Å²) in [4.78, 5) is 30.2. The minimum atomic E-state index is -0.0695. The molecule has 0 unspecified atom stereocenters. The fourth-order valence-electron chi connectivity index (χ4n) is 8.99. The van der Waals surface area contributed by atoms with E-state index >= 15 is 0 Å². The Hall–Kier alpha value is -8.42. The van der Waals surface area contributed by atoms with Gasteiger partial charge in [-0.25, -0.2) is 4.98 Å². The molecule has 0 aliphatic carbocycles. The van der Waals surface area contributed by atoms with E-state index in [2.05, 4.69) is 94.1 Å². The van der Waals surface area contributed by atoms with E-state index < -0.39 is 0 Å². The van der Waals surface area contributed by atoms with Crippen LogP contribution in [0.25, 0.3) is 106 Å². The molecule has 12 rings (SSSR count). The van der Waals surface area contributed by atoms with Crippen LogP contribution in [0.4, 0.5) is 0 Å². The first kappa shape index (κ1) is 34.6. The summed E-state index contributed by atoms with van der Waals surface area (Å²) in [7, 11) is 0. The Labute approximate surface area is 349 Å². The van der Waals surface area contributed by atoms with Gasteiger partial charge in [-0.15, -0.1) is 0 Å². The molecule has 0 radical (unpaired) electrons. The van der Waals surface area contributed by atoms with Crippen molar-refractivity contribution in [1.29, 1.82) is 0 Å². The van der Waals surface area contributed by atoms with Crippen molar-refractivity contribution < 1.29 is 0 Å². The van der Waals surface area contributed by atoms with Crippen LogP contribution < -0.4 is 5.56 Å². The van der Waals surface area contributed by atoms with Gasteiger partial charge in [-0.3, -0.25) is 13.9 Å². The average molecular weight is 783 g/mol. The van der Waals surface area contributed by atoms with Gasteiger partial charge in [-0.05, 0) is 71.8 Å². The molecule has 0 bridgehead atoms. The minimum Gasteiger partial charge on any atom is -0.304 e. The van der Waals surface area contributed by atoms with Gasteiger partial charge in [-0.1, -0.05) is 146 Å². The minimum absolute atomic E-state index is 0.0695. The lowest BCUT2D eigenvalue weighted by Crippen LogP contribution is -2.21. The lowest BCUT2D eigenvalue weighted by Gasteiger charge is -2.13. The molecule has 0 saturated carbocycles. The first-order valence-corrected chi connectivity index (χ1v) is 20.3. The number of hydrogen-bond donors (Lipinski definition) is 0. The molecule has 0 saturated heterocycles. The smallest absolute Gasteiger partial charge is 0.280 e. The molecule has 61 heavy (non-hydrogen) atoms. The van der Waals surface area contributed by atoms with Crippen LogP contribution in [0.5, 0.6) is 0 Å². The molecule has 4 heterocycles. The number of nitrogens with zero attached hydrogens (tertiary/aromatic N) is 6. The van der Waals surface area contributed by atoms with E-state index in [1.165, 1.54) is 0 Å². The van der Waals surface area contributed by atoms with Crippen LogP contribution in [0.2, 0.25) is 0 Å². The highest BCUT2D eigenvalue weighted by molar-refractivity contribution is 6.21. The highest BCUT2D eigenvalue weighted by Gasteiger charge is 2.23. The predicted molar refractivity (Wildman–Crippen MR) is 248 cm³/mol. The summed E-state index contributed by atoms with van der Waals surface area (Å²) in [5.74, 6) is 1.77. The van der Waals surface area contributed by atoms with Crippen LogP contribution in [0, 0.1) is 0 Å². The molecule has 0 aliphatic heterocycles. The van der Waals surface area contributed by atoms with E-state index in [1.807, 2.05) is 126 Å². The van der Waals surface area contributed by atoms with E-state index in [0.717, 1.165) is 82.6 Å². The van der Waals surface area contributed by atoms with Gasteiger partial charge in [0.2, 0.25) is 5.95 Å². The Morgan fingerprint density at radius 3 is 1.36 bits per heavy atom. The first-order valence-electron chi connectivity index (χ1n) is 20.3. The summed E-state index contributed by atoms with van der Waals surface area (Å²) in [5.41, 5.74) is 10.1. The zero-order valence-corrected chi connectivity index (χ0v) is 32.7. The lowest BCUT2D eigenvalue weighted by molar-refractivity contribution is 0.953. The third kappa shape index (κ3) is 5.52. The zero-order chi connectivity index (χ0) is 40.4. The number of hydrogen-bond acceptors (Lipinski definition) is 4. The van der Waals surface area contributed by atoms with Crippen LogP contribution in [0.1, 0.15) is 0 Å². The second-order valence-corrected chi connectivity index (χ2v) is 15.2. The molecular formula is C54H34N6O. The Morgan fingerprint density at radius 1 is 0.328 bits per heavy atom. The fraction of sp³-hybridized carbons (Fsp3) is 0. The monoisotopic (exact) mass is 782 g/mol. The molecule has 7 nitrogen and oxygen atoms in total. The number of benzene rings is 8. The Bertz CT molecular complexity index is 3650. The highest BCUT2D eigenvalue weighted by atomic mass is 16.1.